The van der Waals surface area contributed by atoms with E-state index in [4.69, 9.17) is 16.3 Å². The predicted molar refractivity (Wildman–Crippen MR) is 82.1 cm³/mol. The van der Waals surface area contributed by atoms with Gasteiger partial charge in [-0.15, -0.1) is 0 Å². The van der Waals surface area contributed by atoms with Gasteiger partial charge in [0, 0.05) is 13.5 Å². The van der Waals surface area contributed by atoms with Gasteiger partial charge < -0.3 is 4.74 Å². The van der Waals surface area contributed by atoms with E-state index in [1.807, 2.05) is 0 Å². The molecule has 0 saturated heterocycles. The van der Waals surface area contributed by atoms with Gasteiger partial charge in [-0.05, 0) is 48.8 Å². The first-order valence-corrected chi connectivity index (χ1v) is 7.68. The van der Waals surface area contributed by atoms with Crippen LogP contribution < -0.4 is 0 Å². The van der Waals surface area contributed by atoms with Crippen molar-refractivity contribution < 1.29 is 13.9 Å². The molecule has 0 radical (unpaired) electrons. The summed E-state index contributed by atoms with van der Waals surface area (Å²) in [7, 11) is 1.60. The van der Waals surface area contributed by atoms with Crippen molar-refractivity contribution in [3.8, 4) is 0 Å². The number of methoxy groups -OCH3 is 1. The van der Waals surface area contributed by atoms with Gasteiger partial charge in [0.25, 0.3) is 0 Å². The number of carbonyl (C=O) groups excluding carboxylic acids is 1. The molecule has 1 aliphatic carbocycles. The van der Waals surface area contributed by atoms with E-state index in [0.29, 0.717) is 5.56 Å². The molecule has 0 heterocycles. The largest absolute Gasteiger partial charge is 0.370 e. The van der Waals surface area contributed by atoms with Gasteiger partial charge in [-0.3, -0.25) is 4.79 Å². The number of hydrogen-bond donors (Lipinski definition) is 0. The van der Waals surface area contributed by atoms with Crippen molar-refractivity contribution in [3.63, 3.8) is 0 Å². The number of halogens is 2. The van der Waals surface area contributed by atoms with Crippen molar-refractivity contribution in [3.05, 3.63) is 34.6 Å². The summed E-state index contributed by atoms with van der Waals surface area (Å²) in [5.41, 5.74) is 0.184. The summed E-state index contributed by atoms with van der Waals surface area (Å²) in [6.07, 6.45) is 3.56. The number of Topliss-reactive ketones (excluding diaryl/α,β-unsaturated/α-hetero) is 1. The molecule has 2 rings (SSSR count). The van der Waals surface area contributed by atoms with Crippen LogP contribution in [0.4, 0.5) is 4.39 Å². The van der Waals surface area contributed by atoms with E-state index in [1.54, 1.807) is 13.2 Å². The molecule has 1 aliphatic rings. The standard InChI is InChI=1S/C17H22ClFO2/c1-16(2)6-8-17(21-3,9-7-16)15(20)11-12-4-5-13(18)14(19)10-12/h4-5,10H,6-9,11H2,1-3H3. The highest BCUT2D eigenvalue weighted by Gasteiger charge is 2.43. The molecule has 21 heavy (non-hydrogen) atoms. The Balaban J connectivity index is 2.12. The molecule has 0 spiro atoms. The Bertz CT molecular complexity index is 530. The van der Waals surface area contributed by atoms with E-state index in [9.17, 15) is 9.18 Å². The minimum absolute atomic E-state index is 0.0298. The highest BCUT2D eigenvalue weighted by atomic mass is 35.5. The fourth-order valence-corrected chi connectivity index (χ4v) is 3.04. The highest BCUT2D eigenvalue weighted by molar-refractivity contribution is 6.30. The van der Waals surface area contributed by atoms with E-state index >= 15 is 0 Å². The highest BCUT2D eigenvalue weighted by Crippen LogP contribution is 2.42. The normalized spacial score (nSPS) is 20.2. The van der Waals surface area contributed by atoms with Gasteiger partial charge in [0.2, 0.25) is 0 Å². The van der Waals surface area contributed by atoms with Crippen molar-refractivity contribution in [2.75, 3.05) is 7.11 Å². The lowest BCUT2D eigenvalue weighted by Gasteiger charge is -2.41. The summed E-state index contributed by atoms with van der Waals surface area (Å²) in [6, 6.07) is 4.51. The Morgan fingerprint density at radius 2 is 1.90 bits per heavy atom. The van der Waals surface area contributed by atoms with Gasteiger partial charge in [-0.2, -0.15) is 0 Å². The molecule has 0 N–H and O–H groups in total. The Labute approximate surface area is 130 Å². The van der Waals surface area contributed by atoms with Crippen LogP contribution in [-0.2, 0) is 16.0 Å². The number of rotatable bonds is 4. The van der Waals surface area contributed by atoms with Gasteiger partial charge >= 0.3 is 0 Å². The number of ketones is 1. The summed E-state index contributed by atoms with van der Waals surface area (Å²) < 4.78 is 19.1. The maximum Gasteiger partial charge on any atom is 0.168 e. The van der Waals surface area contributed by atoms with Gasteiger partial charge in [0.15, 0.2) is 5.78 Å². The Morgan fingerprint density at radius 1 is 1.29 bits per heavy atom. The second-order valence-electron chi connectivity index (χ2n) is 6.71. The third kappa shape index (κ3) is 3.64. The molecule has 4 heteroatoms. The molecule has 0 atom stereocenters. The van der Waals surface area contributed by atoms with Crippen molar-refractivity contribution in [2.45, 2.75) is 51.6 Å². The molecule has 0 amide bonds. The van der Waals surface area contributed by atoms with Crippen LogP contribution in [0.2, 0.25) is 5.02 Å². The zero-order valence-corrected chi connectivity index (χ0v) is 13.6. The van der Waals surface area contributed by atoms with Crippen LogP contribution >= 0.6 is 11.6 Å². The molecule has 1 fully saturated rings. The first-order chi connectivity index (χ1) is 9.78. The fourth-order valence-electron chi connectivity index (χ4n) is 2.92. The molecule has 1 aromatic rings. The Kier molecular flexibility index (Phi) is 4.74. The number of ether oxygens (including phenoxy) is 1. The summed E-state index contributed by atoms with van der Waals surface area (Å²) in [4.78, 5) is 12.6. The zero-order chi connectivity index (χ0) is 15.7. The van der Waals surface area contributed by atoms with Crippen LogP contribution in [0.15, 0.2) is 18.2 Å². The monoisotopic (exact) mass is 312 g/mol. The summed E-state index contributed by atoms with van der Waals surface area (Å²) >= 11 is 5.67. The molecule has 0 unspecified atom stereocenters. The maximum atomic E-state index is 13.5. The van der Waals surface area contributed by atoms with Gasteiger partial charge in [0.05, 0.1) is 5.02 Å². The van der Waals surface area contributed by atoms with E-state index in [1.165, 1.54) is 12.1 Å². The molecule has 2 nitrogen and oxygen atoms in total. The van der Waals surface area contributed by atoms with Crippen LogP contribution in [-0.4, -0.2) is 18.5 Å². The quantitative estimate of drug-likeness (QED) is 0.813. The van der Waals surface area contributed by atoms with Crippen LogP contribution in [0.25, 0.3) is 0 Å². The van der Waals surface area contributed by atoms with Crippen molar-refractivity contribution in [1.82, 2.24) is 0 Å². The average molecular weight is 313 g/mol. The fraction of sp³-hybridized carbons (Fsp3) is 0.588. The van der Waals surface area contributed by atoms with E-state index < -0.39 is 11.4 Å². The lowest BCUT2D eigenvalue weighted by molar-refractivity contribution is -0.147. The predicted octanol–water partition coefficient (Wildman–Crippen LogP) is 4.58. The van der Waals surface area contributed by atoms with Crippen molar-refractivity contribution in [1.29, 1.82) is 0 Å². The first-order valence-electron chi connectivity index (χ1n) is 7.30. The van der Waals surface area contributed by atoms with Gasteiger partial charge in [0.1, 0.15) is 11.4 Å². The molecular weight excluding hydrogens is 291 g/mol. The molecule has 0 bridgehead atoms. The Hall–Kier alpha value is -0.930. The lowest BCUT2D eigenvalue weighted by atomic mass is 9.69. The maximum absolute atomic E-state index is 13.5. The molecule has 0 aromatic heterocycles. The molecule has 1 aromatic carbocycles. The minimum Gasteiger partial charge on any atom is -0.370 e. The van der Waals surface area contributed by atoms with Gasteiger partial charge in [-0.1, -0.05) is 31.5 Å². The summed E-state index contributed by atoms with van der Waals surface area (Å²) in [5.74, 6) is -0.458. The summed E-state index contributed by atoms with van der Waals surface area (Å²) in [5, 5.41) is 0.0760. The van der Waals surface area contributed by atoms with Crippen LogP contribution in [0.5, 0.6) is 0 Å². The van der Waals surface area contributed by atoms with Crippen molar-refractivity contribution in [2.24, 2.45) is 5.41 Å². The average Bonchev–Trinajstić information content (AvgIpc) is 2.43. The zero-order valence-electron chi connectivity index (χ0n) is 12.8. The smallest absolute Gasteiger partial charge is 0.168 e. The SMILES string of the molecule is COC1(C(=O)Cc2ccc(Cl)c(F)c2)CCC(C)(C)CC1. The Morgan fingerprint density at radius 3 is 2.43 bits per heavy atom. The summed E-state index contributed by atoms with van der Waals surface area (Å²) in [6.45, 7) is 4.43. The van der Waals surface area contributed by atoms with E-state index in [2.05, 4.69) is 13.8 Å². The molecule has 0 aliphatic heterocycles. The molecular formula is C17H22ClFO2. The third-order valence-electron chi connectivity index (χ3n) is 4.66. The number of benzene rings is 1. The van der Waals surface area contributed by atoms with E-state index in [-0.39, 0.29) is 22.6 Å². The topological polar surface area (TPSA) is 26.3 Å². The minimum atomic E-state index is -0.717. The number of carbonyl (C=O) groups is 1. The lowest BCUT2D eigenvalue weighted by Crippen LogP contribution is -2.46. The van der Waals surface area contributed by atoms with Crippen molar-refractivity contribution >= 4 is 17.4 Å². The second kappa shape index (κ2) is 6.05. The van der Waals surface area contributed by atoms with E-state index in [0.717, 1.165) is 25.7 Å². The van der Waals surface area contributed by atoms with Crippen LogP contribution in [0.1, 0.15) is 45.1 Å². The second-order valence-corrected chi connectivity index (χ2v) is 7.12. The van der Waals surface area contributed by atoms with Crippen LogP contribution in [0.3, 0.4) is 0 Å². The third-order valence-corrected chi connectivity index (χ3v) is 4.97. The molecule has 1 saturated carbocycles. The van der Waals surface area contributed by atoms with Crippen LogP contribution in [0, 0.1) is 11.2 Å². The van der Waals surface area contributed by atoms with Gasteiger partial charge in [-0.25, -0.2) is 4.39 Å². The number of hydrogen-bond acceptors (Lipinski definition) is 2. The first kappa shape index (κ1) is 16.4. The molecule has 116 valence electrons.